The number of methoxy groups -OCH3 is 1. The van der Waals surface area contributed by atoms with Gasteiger partial charge in [0.05, 0.1) is 11.6 Å². The molecule has 3 rings (SSSR count). The molecule has 1 aromatic rings. The number of ether oxygens (including phenoxy) is 2. The third-order valence-corrected chi connectivity index (χ3v) is 4.73. The molecule has 2 saturated heterocycles. The molecule has 0 bridgehead atoms. The van der Waals surface area contributed by atoms with Gasteiger partial charge in [-0.1, -0.05) is 0 Å². The number of rotatable bonds is 5. The second kappa shape index (κ2) is 6.93. The van der Waals surface area contributed by atoms with E-state index in [-0.39, 0.29) is 17.7 Å². The molecule has 2 aliphatic rings. The standard InChI is InChI=1S/C17H26N2O4/c1-17(8-4-10-22-17)12-18-16(20)19-9-3-5-14(19)15-7-6-13(23-15)11-21-2/h6-7,14H,3-5,8-12H2,1-2H3,(H,18,20)/t14-,17-/m1/s1. The maximum absolute atomic E-state index is 12.6. The summed E-state index contributed by atoms with van der Waals surface area (Å²) in [5.41, 5.74) is -0.221. The lowest BCUT2D eigenvalue weighted by molar-refractivity contribution is 0.0217. The van der Waals surface area contributed by atoms with Gasteiger partial charge in [0.1, 0.15) is 18.1 Å². The minimum absolute atomic E-state index is 0.0120. The van der Waals surface area contributed by atoms with Gasteiger partial charge in [-0.2, -0.15) is 0 Å². The fourth-order valence-corrected chi connectivity index (χ4v) is 3.44. The number of urea groups is 1. The number of nitrogens with one attached hydrogen (secondary N) is 1. The van der Waals surface area contributed by atoms with Crippen LogP contribution in [0.5, 0.6) is 0 Å². The Kier molecular flexibility index (Phi) is 4.92. The van der Waals surface area contributed by atoms with Crippen LogP contribution in [0.3, 0.4) is 0 Å². The van der Waals surface area contributed by atoms with Crippen molar-refractivity contribution in [1.29, 1.82) is 0 Å². The molecule has 0 radical (unpaired) electrons. The minimum Gasteiger partial charge on any atom is -0.461 e. The molecule has 23 heavy (non-hydrogen) atoms. The van der Waals surface area contributed by atoms with Crippen LogP contribution in [0.15, 0.2) is 16.5 Å². The summed E-state index contributed by atoms with van der Waals surface area (Å²) >= 11 is 0. The van der Waals surface area contributed by atoms with E-state index in [2.05, 4.69) is 12.2 Å². The maximum atomic E-state index is 12.6. The Balaban J connectivity index is 1.60. The number of carbonyl (C=O) groups excluding carboxylic acids is 1. The number of hydrogen-bond donors (Lipinski definition) is 1. The number of amides is 2. The second-order valence-corrected chi connectivity index (χ2v) is 6.65. The van der Waals surface area contributed by atoms with Crippen LogP contribution < -0.4 is 5.32 Å². The van der Waals surface area contributed by atoms with Crippen LogP contribution in [0.2, 0.25) is 0 Å². The smallest absolute Gasteiger partial charge is 0.318 e. The van der Waals surface area contributed by atoms with Gasteiger partial charge >= 0.3 is 6.03 Å². The fraction of sp³-hybridized carbons (Fsp3) is 0.706. The Morgan fingerprint density at radius 1 is 1.48 bits per heavy atom. The quantitative estimate of drug-likeness (QED) is 0.905. The summed E-state index contributed by atoms with van der Waals surface area (Å²) in [6.07, 6.45) is 3.98. The van der Waals surface area contributed by atoms with Crippen LogP contribution in [0.4, 0.5) is 4.79 Å². The molecule has 2 amide bonds. The molecule has 0 saturated carbocycles. The molecular weight excluding hydrogens is 296 g/mol. The van der Waals surface area contributed by atoms with Crippen LogP contribution in [-0.2, 0) is 16.1 Å². The van der Waals surface area contributed by atoms with Gasteiger partial charge in [-0.25, -0.2) is 4.79 Å². The zero-order valence-electron chi connectivity index (χ0n) is 14.0. The highest BCUT2D eigenvalue weighted by atomic mass is 16.5. The molecule has 6 heteroatoms. The van der Waals surface area contributed by atoms with Crippen LogP contribution >= 0.6 is 0 Å². The van der Waals surface area contributed by atoms with E-state index in [1.807, 2.05) is 17.0 Å². The first-order valence-corrected chi connectivity index (χ1v) is 8.37. The Labute approximate surface area is 137 Å². The van der Waals surface area contributed by atoms with Gasteiger partial charge in [0.15, 0.2) is 0 Å². The predicted octanol–water partition coefficient (Wildman–Crippen LogP) is 2.84. The van der Waals surface area contributed by atoms with Gasteiger partial charge in [-0.3, -0.25) is 0 Å². The first-order chi connectivity index (χ1) is 11.1. The highest BCUT2D eigenvalue weighted by molar-refractivity contribution is 5.75. The lowest BCUT2D eigenvalue weighted by Gasteiger charge is -2.28. The molecule has 2 aliphatic heterocycles. The van der Waals surface area contributed by atoms with Crippen LogP contribution in [0.25, 0.3) is 0 Å². The first kappa shape index (κ1) is 16.3. The zero-order valence-corrected chi connectivity index (χ0v) is 14.0. The Bertz CT molecular complexity index is 536. The van der Waals surface area contributed by atoms with Crippen LogP contribution in [0.1, 0.15) is 50.2 Å². The molecule has 1 N–H and O–H groups in total. The molecule has 2 atom stereocenters. The number of furan rings is 1. The van der Waals surface area contributed by atoms with E-state index in [1.54, 1.807) is 7.11 Å². The number of hydrogen-bond acceptors (Lipinski definition) is 4. The molecule has 2 fully saturated rings. The lowest BCUT2D eigenvalue weighted by Crippen LogP contribution is -2.46. The van der Waals surface area contributed by atoms with E-state index in [0.717, 1.165) is 50.4 Å². The molecule has 128 valence electrons. The summed E-state index contributed by atoms with van der Waals surface area (Å²) in [5, 5.41) is 3.03. The van der Waals surface area contributed by atoms with Crippen molar-refractivity contribution in [3.05, 3.63) is 23.7 Å². The van der Waals surface area contributed by atoms with Gasteiger partial charge < -0.3 is 24.1 Å². The fourth-order valence-electron chi connectivity index (χ4n) is 3.44. The van der Waals surface area contributed by atoms with E-state index in [9.17, 15) is 4.79 Å². The molecule has 0 unspecified atom stereocenters. The summed E-state index contributed by atoms with van der Waals surface area (Å²) < 4.78 is 16.6. The SMILES string of the molecule is COCc1ccc([C@H]2CCCN2C(=O)NC[C@@]2(C)CCCO2)o1. The maximum Gasteiger partial charge on any atom is 0.318 e. The summed E-state index contributed by atoms with van der Waals surface area (Å²) in [6.45, 7) is 4.61. The highest BCUT2D eigenvalue weighted by Gasteiger charge is 2.35. The van der Waals surface area contributed by atoms with Crippen molar-refractivity contribution in [2.75, 3.05) is 26.8 Å². The highest BCUT2D eigenvalue weighted by Crippen LogP contribution is 2.33. The molecule has 3 heterocycles. The van der Waals surface area contributed by atoms with Crippen molar-refractivity contribution in [3.8, 4) is 0 Å². The van der Waals surface area contributed by atoms with Crippen molar-refractivity contribution in [2.45, 2.75) is 50.9 Å². The first-order valence-electron chi connectivity index (χ1n) is 8.37. The van der Waals surface area contributed by atoms with Crippen molar-refractivity contribution in [3.63, 3.8) is 0 Å². The third-order valence-electron chi connectivity index (χ3n) is 4.73. The molecule has 0 aromatic carbocycles. The van der Waals surface area contributed by atoms with Gasteiger partial charge in [0, 0.05) is 26.8 Å². The summed E-state index contributed by atoms with van der Waals surface area (Å²) in [4.78, 5) is 14.4. The number of likely N-dealkylation sites (tertiary alicyclic amines) is 1. The minimum atomic E-state index is -0.221. The lowest BCUT2D eigenvalue weighted by atomic mass is 10.0. The molecule has 0 aliphatic carbocycles. The van der Waals surface area contributed by atoms with Crippen LogP contribution in [0, 0.1) is 0 Å². The Morgan fingerprint density at radius 2 is 2.35 bits per heavy atom. The Morgan fingerprint density at radius 3 is 3.09 bits per heavy atom. The molecule has 6 nitrogen and oxygen atoms in total. The monoisotopic (exact) mass is 322 g/mol. The number of carbonyl (C=O) groups is 1. The summed E-state index contributed by atoms with van der Waals surface area (Å²) in [6, 6.07) is 3.85. The van der Waals surface area contributed by atoms with Crippen LogP contribution in [-0.4, -0.2) is 43.3 Å². The second-order valence-electron chi connectivity index (χ2n) is 6.65. The van der Waals surface area contributed by atoms with Crippen molar-refractivity contribution < 1.29 is 18.7 Å². The summed E-state index contributed by atoms with van der Waals surface area (Å²) in [5.74, 6) is 1.63. The average molecular weight is 322 g/mol. The van der Waals surface area contributed by atoms with Gasteiger partial charge in [0.2, 0.25) is 0 Å². The summed E-state index contributed by atoms with van der Waals surface area (Å²) in [7, 11) is 1.64. The van der Waals surface area contributed by atoms with Gasteiger partial charge in [-0.05, 0) is 44.7 Å². The Hall–Kier alpha value is -1.53. The van der Waals surface area contributed by atoms with E-state index in [4.69, 9.17) is 13.9 Å². The average Bonchev–Trinajstić information content (AvgIpc) is 3.25. The van der Waals surface area contributed by atoms with E-state index in [0.29, 0.717) is 13.2 Å². The van der Waals surface area contributed by atoms with E-state index >= 15 is 0 Å². The largest absolute Gasteiger partial charge is 0.461 e. The van der Waals surface area contributed by atoms with Crippen molar-refractivity contribution >= 4 is 6.03 Å². The molecule has 0 spiro atoms. The molecule has 1 aromatic heterocycles. The molecular formula is C17H26N2O4. The normalized spacial score (nSPS) is 27.6. The van der Waals surface area contributed by atoms with Crippen molar-refractivity contribution in [1.82, 2.24) is 10.2 Å². The van der Waals surface area contributed by atoms with Gasteiger partial charge in [0.25, 0.3) is 0 Å². The van der Waals surface area contributed by atoms with E-state index < -0.39 is 0 Å². The van der Waals surface area contributed by atoms with Crippen molar-refractivity contribution in [2.24, 2.45) is 0 Å². The number of nitrogens with zero attached hydrogens (tertiary/aromatic N) is 1. The zero-order chi connectivity index (χ0) is 16.3. The van der Waals surface area contributed by atoms with Gasteiger partial charge in [-0.15, -0.1) is 0 Å². The predicted molar refractivity (Wildman–Crippen MR) is 85.1 cm³/mol. The topological polar surface area (TPSA) is 63.9 Å². The third kappa shape index (κ3) is 3.70. The van der Waals surface area contributed by atoms with E-state index in [1.165, 1.54) is 0 Å².